The smallest absolute Gasteiger partial charge is 0.267 e. The zero-order valence-electron chi connectivity index (χ0n) is 19.1. The summed E-state index contributed by atoms with van der Waals surface area (Å²) in [6.07, 6.45) is 1.90. The molecule has 35 heavy (non-hydrogen) atoms. The molecule has 1 aliphatic rings. The molecule has 5 heteroatoms. The van der Waals surface area contributed by atoms with Crippen LogP contribution in [0.2, 0.25) is 0 Å². The molecule has 0 spiro atoms. The van der Waals surface area contributed by atoms with Crippen LogP contribution in [-0.4, -0.2) is 16.0 Å². The topological polar surface area (TPSA) is 41.9 Å². The second-order valence-corrected chi connectivity index (χ2v) is 9.04. The molecule has 0 aromatic heterocycles. The number of hydrogen-bond acceptors (Lipinski definition) is 4. The average Bonchev–Trinajstić information content (AvgIpc) is 3.19. The minimum Gasteiger partial charge on any atom is -0.488 e. The van der Waals surface area contributed by atoms with Gasteiger partial charge in [0.25, 0.3) is 5.91 Å². The highest BCUT2D eigenvalue weighted by Crippen LogP contribution is 2.36. The number of amidine groups is 1. The molecule has 1 aliphatic heterocycles. The third-order valence-corrected chi connectivity index (χ3v) is 6.50. The Hall–Kier alpha value is -4.09. The average molecular weight is 477 g/mol. The van der Waals surface area contributed by atoms with E-state index < -0.39 is 0 Å². The molecule has 1 fully saturated rings. The highest BCUT2D eigenvalue weighted by molar-refractivity contribution is 8.18. The van der Waals surface area contributed by atoms with Gasteiger partial charge < -0.3 is 4.74 Å². The highest BCUT2D eigenvalue weighted by Gasteiger charge is 2.33. The zero-order chi connectivity index (χ0) is 23.9. The maximum Gasteiger partial charge on any atom is 0.267 e. The molecule has 172 valence electrons. The van der Waals surface area contributed by atoms with Crippen LogP contribution >= 0.6 is 11.8 Å². The summed E-state index contributed by atoms with van der Waals surface area (Å²) in [4.78, 5) is 20.7. The maximum atomic E-state index is 13.5. The van der Waals surface area contributed by atoms with Crippen molar-refractivity contribution in [2.75, 3.05) is 0 Å². The molecule has 1 amide bonds. The van der Waals surface area contributed by atoms with Crippen molar-refractivity contribution < 1.29 is 9.53 Å². The molecular formula is C30H24N2O2S. The molecular weight excluding hydrogens is 452 g/mol. The quantitative estimate of drug-likeness (QED) is 0.268. The van der Waals surface area contributed by atoms with Gasteiger partial charge in [0.2, 0.25) is 0 Å². The maximum absolute atomic E-state index is 13.5. The van der Waals surface area contributed by atoms with Crippen molar-refractivity contribution in [3.63, 3.8) is 0 Å². The zero-order valence-corrected chi connectivity index (χ0v) is 19.9. The number of carbonyl (C=O) groups excluding carboxylic acids is 1. The molecule has 1 saturated heterocycles. The van der Waals surface area contributed by atoms with Crippen molar-refractivity contribution in [3.8, 4) is 5.75 Å². The first-order valence-electron chi connectivity index (χ1n) is 11.4. The van der Waals surface area contributed by atoms with Gasteiger partial charge in [-0.25, -0.2) is 4.99 Å². The largest absolute Gasteiger partial charge is 0.488 e. The number of hydrogen-bond donors (Lipinski definition) is 0. The second kappa shape index (κ2) is 10.9. The van der Waals surface area contributed by atoms with Gasteiger partial charge in [-0.2, -0.15) is 0 Å². The molecule has 5 rings (SSSR count). The number of rotatable bonds is 7. The fourth-order valence-corrected chi connectivity index (χ4v) is 4.71. The van der Waals surface area contributed by atoms with Crippen molar-refractivity contribution in [2.24, 2.45) is 4.99 Å². The molecule has 1 heterocycles. The Morgan fingerprint density at radius 2 is 1.34 bits per heavy atom. The van der Waals surface area contributed by atoms with E-state index in [9.17, 15) is 4.79 Å². The number of nitrogens with zero attached hydrogens (tertiary/aromatic N) is 2. The minimum absolute atomic E-state index is 0.0635. The number of benzene rings is 4. The third-order valence-electron chi connectivity index (χ3n) is 5.50. The minimum atomic E-state index is -0.0635. The molecule has 0 bridgehead atoms. The van der Waals surface area contributed by atoms with Gasteiger partial charge in [0.05, 0.1) is 17.1 Å². The number of thioether (sulfide) groups is 1. The molecule has 4 nitrogen and oxygen atoms in total. The summed E-state index contributed by atoms with van der Waals surface area (Å²) in [6.45, 7) is 0.921. The van der Waals surface area contributed by atoms with Crippen molar-refractivity contribution in [3.05, 3.63) is 137 Å². The molecule has 0 saturated carbocycles. The van der Waals surface area contributed by atoms with Gasteiger partial charge in [0, 0.05) is 5.56 Å². The number of amides is 1. The Kier molecular flexibility index (Phi) is 7.06. The van der Waals surface area contributed by atoms with Crippen molar-refractivity contribution >= 4 is 34.6 Å². The second-order valence-electron chi connectivity index (χ2n) is 8.03. The normalized spacial score (nSPS) is 15.7. The summed E-state index contributed by atoms with van der Waals surface area (Å²) in [7, 11) is 0. The summed E-state index contributed by atoms with van der Waals surface area (Å²) < 4.78 is 6.10. The van der Waals surface area contributed by atoms with E-state index in [2.05, 4.69) is 0 Å². The van der Waals surface area contributed by atoms with E-state index in [0.717, 1.165) is 28.1 Å². The highest BCUT2D eigenvalue weighted by atomic mass is 32.2. The van der Waals surface area contributed by atoms with Gasteiger partial charge in [-0.05, 0) is 47.2 Å². The Bertz CT molecular complexity index is 1350. The standard InChI is InChI=1S/C30H24N2O2S/c33-29-28(20-25-16-10-11-19-27(25)34-22-24-14-6-2-7-15-24)35-30(31-26-17-8-3-9-18-26)32(29)21-23-12-4-1-5-13-23/h1-20H,21-22H2/b28-20+,31-30?. The number of aliphatic imine (C=N–C) groups is 1. The Morgan fingerprint density at radius 1 is 0.743 bits per heavy atom. The van der Waals surface area contributed by atoms with Crippen LogP contribution in [0.25, 0.3) is 6.08 Å². The van der Waals surface area contributed by atoms with Crippen molar-refractivity contribution in [2.45, 2.75) is 13.2 Å². The number of ether oxygens (including phenoxy) is 1. The van der Waals surface area contributed by atoms with Crippen LogP contribution < -0.4 is 4.74 Å². The van der Waals surface area contributed by atoms with Gasteiger partial charge in [-0.1, -0.05) is 97.1 Å². The Balaban J connectivity index is 1.44. The van der Waals surface area contributed by atoms with E-state index in [4.69, 9.17) is 9.73 Å². The van der Waals surface area contributed by atoms with Gasteiger partial charge in [-0.15, -0.1) is 0 Å². The summed E-state index contributed by atoms with van der Waals surface area (Å²) in [5.41, 5.74) is 3.82. The van der Waals surface area contributed by atoms with Gasteiger partial charge in [0.15, 0.2) is 5.17 Å². The Morgan fingerprint density at radius 3 is 2.06 bits per heavy atom. The van der Waals surface area contributed by atoms with E-state index in [1.54, 1.807) is 4.90 Å². The molecule has 0 N–H and O–H groups in total. The first-order valence-corrected chi connectivity index (χ1v) is 12.2. The van der Waals surface area contributed by atoms with E-state index in [1.165, 1.54) is 11.8 Å². The van der Waals surface area contributed by atoms with E-state index >= 15 is 0 Å². The van der Waals surface area contributed by atoms with Crippen molar-refractivity contribution in [1.29, 1.82) is 0 Å². The van der Waals surface area contributed by atoms with E-state index in [-0.39, 0.29) is 5.91 Å². The first kappa shape index (κ1) is 22.7. The molecule has 4 aromatic rings. The predicted octanol–water partition coefficient (Wildman–Crippen LogP) is 7.07. The predicted molar refractivity (Wildman–Crippen MR) is 143 cm³/mol. The van der Waals surface area contributed by atoms with Crippen LogP contribution in [0.4, 0.5) is 5.69 Å². The van der Waals surface area contributed by atoms with Gasteiger partial charge in [0.1, 0.15) is 12.4 Å². The summed E-state index contributed by atoms with van der Waals surface area (Å²) in [5, 5.41) is 0.666. The fourth-order valence-electron chi connectivity index (χ4n) is 3.72. The van der Waals surface area contributed by atoms with Crippen LogP contribution in [0.5, 0.6) is 5.75 Å². The summed E-state index contributed by atoms with van der Waals surface area (Å²) >= 11 is 1.39. The molecule has 0 atom stereocenters. The first-order chi connectivity index (χ1) is 17.3. The number of para-hydroxylation sites is 2. The number of carbonyl (C=O) groups is 1. The molecule has 0 radical (unpaired) electrons. The van der Waals surface area contributed by atoms with Crippen LogP contribution in [-0.2, 0) is 17.9 Å². The van der Waals surface area contributed by atoms with Gasteiger partial charge in [-0.3, -0.25) is 9.69 Å². The van der Waals surface area contributed by atoms with E-state index in [0.29, 0.717) is 23.2 Å². The lowest BCUT2D eigenvalue weighted by molar-refractivity contribution is -0.122. The molecule has 4 aromatic carbocycles. The lowest BCUT2D eigenvalue weighted by atomic mass is 10.1. The van der Waals surface area contributed by atoms with Crippen LogP contribution in [0, 0.1) is 0 Å². The van der Waals surface area contributed by atoms with Gasteiger partial charge >= 0.3 is 0 Å². The summed E-state index contributed by atoms with van der Waals surface area (Å²) in [6, 6.07) is 37.5. The summed E-state index contributed by atoms with van der Waals surface area (Å²) in [5.74, 6) is 0.673. The van der Waals surface area contributed by atoms with E-state index in [1.807, 2.05) is 121 Å². The molecule has 0 aliphatic carbocycles. The Labute approximate surface area is 209 Å². The monoisotopic (exact) mass is 476 g/mol. The molecule has 0 unspecified atom stereocenters. The lowest BCUT2D eigenvalue weighted by Crippen LogP contribution is -2.28. The third kappa shape index (κ3) is 5.70. The lowest BCUT2D eigenvalue weighted by Gasteiger charge is -2.15. The van der Waals surface area contributed by atoms with Crippen LogP contribution in [0.15, 0.2) is 125 Å². The fraction of sp³-hybridized carbons (Fsp3) is 0.0667. The van der Waals surface area contributed by atoms with Crippen LogP contribution in [0.3, 0.4) is 0 Å². The SMILES string of the molecule is O=C1/C(=C\c2ccccc2OCc2ccccc2)SC(=Nc2ccccc2)N1Cc1ccccc1. The van der Waals surface area contributed by atoms with Crippen molar-refractivity contribution in [1.82, 2.24) is 4.90 Å². The van der Waals surface area contributed by atoms with Crippen LogP contribution in [0.1, 0.15) is 16.7 Å².